The van der Waals surface area contributed by atoms with Crippen LogP contribution in [0.1, 0.15) is 35.5 Å². The maximum absolute atomic E-state index is 12.4. The van der Waals surface area contributed by atoms with Crippen LogP contribution in [0, 0.1) is 6.92 Å². The zero-order valence-corrected chi connectivity index (χ0v) is 20.1. The van der Waals surface area contributed by atoms with Gasteiger partial charge in [0.1, 0.15) is 5.75 Å². The number of anilines is 1. The molecule has 1 aromatic carbocycles. The molecule has 1 aliphatic rings. The smallest absolute Gasteiger partial charge is 0.274 e. The highest BCUT2D eigenvalue weighted by atomic mass is 16.3. The highest BCUT2D eigenvalue weighted by molar-refractivity contribution is 5.92. The minimum Gasteiger partial charge on any atom is -0.506 e. The molecular weight excluding hydrogens is 428 g/mol. The van der Waals surface area contributed by atoms with Gasteiger partial charge in [-0.15, -0.1) is 10.2 Å². The number of rotatable bonds is 7. The number of hydrogen-bond acceptors (Lipinski definition) is 7. The van der Waals surface area contributed by atoms with E-state index in [9.17, 15) is 9.90 Å². The first kappa shape index (κ1) is 23.6. The third-order valence-electron chi connectivity index (χ3n) is 6.35. The number of carbonyl (C=O) groups excluding carboxylic acids is 1. The number of hydrogen-bond donors (Lipinski definition) is 1. The van der Waals surface area contributed by atoms with Crippen LogP contribution >= 0.6 is 0 Å². The Morgan fingerprint density at radius 1 is 1.00 bits per heavy atom. The number of amides is 1. The van der Waals surface area contributed by atoms with Crippen molar-refractivity contribution >= 4 is 11.7 Å². The van der Waals surface area contributed by atoms with Gasteiger partial charge in [0.05, 0.1) is 6.20 Å². The molecule has 178 valence electrons. The predicted molar refractivity (Wildman–Crippen MR) is 133 cm³/mol. The zero-order valence-electron chi connectivity index (χ0n) is 20.1. The number of piperazine rings is 1. The molecule has 1 saturated heterocycles. The van der Waals surface area contributed by atoms with Gasteiger partial charge in [-0.05, 0) is 55.7 Å². The van der Waals surface area contributed by atoms with Gasteiger partial charge in [0, 0.05) is 57.6 Å². The Labute approximate surface area is 200 Å². The first-order valence-corrected chi connectivity index (χ1v) is 11.8. The van der Waals surface area contributed by atoms with Crippen LogP contribution in [-0.4, -0.2) is 75.3 Å². The second-order valence-corrected chi connectivity index (χ2v) is 8.60. The van der Waals surface area contributed by atoms with Gasteiger partial charge in [-0.1, -0.05) is 18.2 Å². The molecule has 8 heteroatoms. The molecule has 2 aromatic heterocycles. The van der Waals surface area contributed by atoms with E-state index in [0.717, 1.165) is 55.2 Å². The standard InChI is InChI=1S/C26H32N6O2/c1-4-31(5-2)26(34)24-8-9-25(29-28-24)32-12-10-30(11-13-32)18-20-6-7-23(19(3)14-20)21-15-22(33)17-27-16-21/h6-9,14-17,33H,4-5,10-13,18H2,1-3H3. The summed E-state index contributed by atoms with van der Waals surface area (Å²) < 4.78 is 0. The lowest BCUT2D eigenvalue weighted by molar-refractivity contribution is 0.0766. The molecule has 34 heavy (non-hydrogen) atoms. The zero-order chi connectivity index (χ0) is 24.1. The summed E-state index contributed by atoms with van der Waals surface area (Å²) in [5.41, 5.74) is 4.83. The normalized spacial score (nSPS) is 14.3. The molecule has 1 amide bonds. The average Bonchev–Trinajstić information content (AvgIpc) is 2.85. The van der Waals surface area contributed by atoms with Crippen LogP contribution in [0.15, 0.2) is 48.8 Å². The monoisotopic (exact) mass is 460 g/mol. The summed E-state index contributed by atoms with van der Waals surface area (Å²) >= 11 is 0. The van der Waals surface area contributed by atoms with E-state index in [1.54, 1.807) is 23.2 Å². The summed E-state index contributed by atoms with van der Waals surface area (Å²) in [4.78, 5) is 22.9. The van der Waals surface area contributed by atoms with Gasteiger partial charge in [-0.2, -0.15) is 0 Å². The van der Waals surface area contributed by atoms with Crippen molar-refractivity contribution in [3.05, 3.63) is 65.6 Å². The van der Waals surface area contributed by atoms with Crippen LogP contribution in [0.25, 0.3) is 11.1 Å². The summed E-state index contributed by atoms with van der Waals surface area (Å²) in [6.45, 7) is 11.8. The summed E-state index contributed by atoms with van der Waals surface area (Å²) in [6.07, 6.45) is 3.22. The van der Waals surface area contributed by atoms with Crippen molar-refractivity contribution in [2.45, 2.75) is 27.3 Å². The minimum atomic E-state index is -0.0736. The van der Waals surface area contributed by atoms with Crippen molar-refractivity contribution < 1.29 is 9.90 Å². The maximum atomic E-state index is 12.4. The molecular formula is C26H32N6O2. The van der Waals surface area contributed by atoms with Crippen molar-refractivity contribution in [1.82, 2.24) is 25.0 Å². The third kappa shape index (κ3) is 5.34. The first-order valence-electron chi connectivity index (χ1n) is 11.8. The van der Waals surface area contributed by atoms with Crippen LogP contribution in [0.3, 0.4) is 0 Å². The second kappa shape index (κ2) is 10.6. The molecule has 0 radical (unpaired) electrons. The average molecular weight is 461 g/mol. The number of aryl methyl sites for hydroxylation is 1. The lowest BCUT2D eigenvalue weighted by Gasteiger charge is -2.35. The molecule has 0 unspecified atom stereocenters. The van der Waals surface area contributed by atoms with Gasteiger partial charge in [0.15, 0.2) is 11.5 Å². The topological polar surface area (TPSA) is 85.7 Å². The van der Waals surface area contributed by atoms with Crippen molar-refractivity contribution in [2.75, 3.05) is 44.2 Å². The summed E-state index contributed by atoms with van der Waals surface area (Å²) in [6, 6.07) is 11.9. The Balaban J connectivity index is 1.33. The van der Waals surface area contributed by atoms with Crippen LogP contribution in [0.2, 0.25) is 0 Å². The molecule has 3 aromatic rings. The quantitative estimate of drug-likeness (QED) is 0.579. The molecule has 1 aliphatic heterocycles. The van der Waals surface area contributed by atoms with E-state index in [0.29, 0.717) is 18.8 Å². The minimum absolute atomic E-state index is 0.0736. The second-order valence-electron chi connectivity index (χ2n) is 8.60. The molecule has 4 rings (SSSR count). The Hall–Kier alpha value is -3.52. The Bertz CT molecular complexity index is 1120. The van der Waals surface area contributed by atoms with Gasteiger partial charge in [-0.25, -0.2) is 0 Å². The van der Waals surface area contributed by atoms with Crippen molar-refractivity contribution in [3.8, 4) is 16.9 Å². The predicted octanol–water partition coefficient (Wildman–Crippen LogP) is 3.36. The largest absolute Gasteiger partial charge is 0.506 e. The SMILES string of the molecule is CCN(CC)C(=O)c1ccc(N2CCN(Cc3ccc(-c4cncc(O)c4)c(C)c3)CC2)nn1. The number of aromatic nitrogens is 3. The third-order valence-corrected chi connectivity index (χ3v) is 6.35. The number of pyridine rings is 1. The lowest BCUT2D eigenvalue weighted by Crippen LogP contribution is -2.46. The first-order chi connectivity index (χ1) is 16.5. The van der Waals surface area contributed by atoms with Gasteiger partial charge in [-0.3, -0.25) is 14.7 Å². The van der Waals surface area contributed by atoms with E-state index in [1.807, 2.05) is 19.9 Å². The fraction of sp³-hybridized carbons (Fsp3) is 0.385. The van der Waals surface area contributed by atoms with E-state index in [-0.39, 0.29) is 11.7 Å². The highest BCUT2D eigenvalue weighted by Gasteiger charge is 2.20. The van der Waals surface area contributed by atoms with E-state index < -0.39 is 0 Å². The van der Waals surface area contributed by atoms with Gasteiger partial charge in [0.2, 0.25) is 0 Å². The Morgan fingerprint density at radius 3 is 2.38 bits per heavy atom. The molecule has 8 nitrogen and oxygen atoms in total. The van der Waals surface area contributed by atoms with E-state index in [4.69, 9.17) is 0 Å². The number of aromatic hydroxyl groups is 1. The van der Waals surface area contributed by atoms with Crippen molar-refractivity contribution in [1.29, 1.82) is 0 Å². The van der Waals surface area contributed by atoms with Crippen LogP contribution in [0.5, 0.6) is 5.75 Å². The van der Waals surface area contributed by atoms with Gasteiger partial charge < -0.3 is 14.9 Å². The van der Waals surface area contributed by atoms with E-state index in [1.165, 1.54) is 11.8 Å². The summed E-state index contributed by atoms with van der Waals surface area (Å²) in [5, 5.41) is 18.2. The highest BCUT2D eigenvalue weighted by Crippen LogP contribution is 2.26. The van der Waals surface area contributed by atoms with Gasteiger partial charge >= 0.3 is 0 Å². The number of benzene rings is 1. The molecule has 0 bridgehead atoms. The molecule has 0 aliphatic carbocycles. The van der Waals surface area contributed by atoms with Crippen molar-refractivity contribution in [2.24, 2.45) is 0 Å². The Morgan fingerprint density at radius 2 is 1.76 bits per heavy atom. The van der Waals surface area contributed by atoms with Crippen LogP contribution in [-0.2, 0) is 6.54 Å². The molecule has 0 saturated carbocycles. The van der Waals surface area contributed by atoms with Crippen LogP contribution in [0.4, 0.5) is 5.82 Å². The molecule has 0 spiro atoms. The van der Waals surface area contributed by atoms with Crippen LogP contribution < -0.4 is 4.90 Å². The van der Waals surface area contributed by atoms with E-state index >= 15 is 0 Å². The Kier molecular flexibility index (Phi) is 7.37. The molecule has 3 heterocycles. The summed E-state index contributed by atoms with van der Waals surface area (Å²) in [5.74, 6) is 0.917. The molecule has 1 N–H and O–H groups in total. The lowest BCUT2D eigenvalue weighted by atomic mass is 9.99. The maximum Gasteiger partial charge on any atom is 0.274 e. The fourth-order valence-corrected chi connectivity index (χ4v) is 4.40. The fourth-order valence-electron chi connectivity index (χ4n) is 4.40. The molecule has 1 fully saturated rings. The van der Waals surface area contributed by atoms with E-state index in [2.05, 4.69) is 50.1 Å². The summed E-state index contributed by atoms with van der Waals surface area (Å²) in [7, 11) is 0. The number of carbonyl (C=O) groups is 1. The van der Waals surface area contributed by atoms with Gasteiger partial charge in [0.25, 0.3) is 5.91 Å². The number of nitrogens with zero attached hydrogens (tertiary/aromatic N) is 6. The molecule has 0 atom stereocenters. The van der Waals surface area contributed by atoms with Crippen molar-refractivity contribution in [3.63, 3.8) is 0 Å².